The molecule has 1 aromatic heterocycles. The SMILES string of the molecule is CCOC(=O)C1=C(COCCN)NC(C)=C(C(=O)OC)C1c1cccc2c(=O)c3ccccc3oc12. The largest absolute Gasteiger partial charge is 0.466 e. The minimum Gasteiger partial charge on any atom is -0.466 e. The highest BCUT2D eigenvalue weighted by atomic mass is 16.5. The number of carbonyl (C=O) groups excluding carboxylic acids is 2. The summed E-state index contributed by atoms with van der Waals surface area (Å²) in [6.45, 7) is 4.13. The molecule has 1 aliphatic heterocycles. The van der Waals surface area contributed by atoms with Crippen molar-refractivity contribution in [3.8, 4) is 0 Å². The first-order valence-corrected chi connectivity index (χ1v) is 11.6. The maximum absolute atomic E-state index is 13.3. The lowest BCUT2D eigenvalue weighted by atomic mass is 9.79. The van der Waals surface area contributed by atoms with Gasteiger partial charge in [0.25, 0.3) is 0 Å². The smallest absolute Gasteiger partial charge is 0.336 e. The molecule has 3 aromatic rings. The van der Waals surface area contributed by atoms with Crippen molar-refractivity contribution in [1.82, 2.24) is 5.32 Å². The Morgan fingerprint density at radius 3 is 2.53 bits per heavy atom. The second-order valence-electron chi connectivity index (χ2n) is 8.19. The molecule has 0 spiro atoms. The highest BCUT2D eigenvalue weighted by molar-refractivity contribution is 6.02. The van der Waals surface area contributed by atoms with Gasteiger partial charge < -0.3 is 29.7 Å². The number of rotatable bonds is 8. The van der Waals surface area contributed by atoms with Crippen LogP contribution < -0.4 is 16.5 Å². The maximum atomic E-state index is 13.3. The van der Waals surface area contributed by atoms with Crippen molar-refractivity contribution in [3.05, 3.63) is 80.8 Å². The third-order valence-electron chi connectivity index (χ3n) is 6.00. The van der Waals surface area contributed by atoms with Gasteiger partial charge in [-0.15, -0.1) is 0 Å². The number of allylic oxidation sites excluding steroid dienone is 1. The Bertz CT molecular complexity index is 1450. The zero-order valence-corrected chi connectivity index (χ0v) is 20.4. The van der Waals surface area contributed by atoms with Crippen molar-refractivity contribution in [2.24, 2.45) is 5.73 Å². The highest BCUT2D eigenvalue weighted by Gasteiger charge is 2.40. The molecule has 2 heterocycles. The Morgan fingerprint density at radius 2 is 1.81 bits per heavy atom. The molecule has 188 valence electrons. The van der Waals surface area contributed by atoms with Crippen LogP contribution in [0.15, 0.2) is 74.2 Å². The van der Waals surface area contributed by atoms with Crippen LogP contribution in [0.25, 0.3) is 21.9 Å². The summed E-state index contributed by atoms with van der Waals surface area (Å²) in [6.07, 6.45) is 0. The van der Waals surface area contributed by atoms with Gasteiger partial charge in [0.05, 0.1) is 60.5 Å². The first-order valence-electron chi connectivity index (χ1n) is 11.6. The van der Waals surface area contributed by atoms with E-state index in [2.05, 4.69) is 5.32 Å². The molecule has 0 amide bonds. The van der Waals surface area contributed by atoms with Crippen LogP contribution in [0.5, 0.6) is 0 Å². The van der Waals surface area contributed by atoms with E-state index in [9.17, 15) is 14.4 Å². The van der Waals surface area contributed by atoms with Crippen molar-refractivity contribution in [2.45, 2.75) is 19.8 Å². The van der Waals surface area contributed by atoms with Gasteiger partial charge in [0.1, 0.15) is 11.2 Å². The molecule has 0 bridgehead atoms. The lowest BCUT2D eigenvalue weighted by molar-refractivity contribution is -0.139. The minimum absolute atomic E-state index is 0.0330. The van der Waals surface area contributed by atoms with Crippen LogP contribution in [-0.4, -0.2) is 45.4 Å². The van der Waals surface area contributed by atoms with E-state index in [4.69, 9.17) is 24.4 Å². The molecule has 0 fully saturated rings. The van der Waals surface area contributed by atoms with Crippen molar-refractivity contribution < 1.29 is 28.2 Å². The standard InChI is InChI=1S/C27H28N2O7/c1-4-35-27(32)23-19(14-34-13-12-28)29-15(2)21(26(31)33-3)22(23)17-9-7-10-18-24(30)16-8-5-6-11-20(16)36-25(17)18/h5-11,22,29H,4,12-14,28H2,1-3H3. The Kier molecular flexibility index (Phi) is 7.52. The molecular formula is C27H28N2O7. The van der Waals surface area contributed by atoms with Crippen LogP contribution in [0, 0.1) is 0 Å². The molecule has 1 unspecified atom stereocenters. The van der Waals surface area contributed by atoms with E-state index in [1.165, 1.54) is 7.11 Å². The number of dihydropyridines is 1. The third kappa shape index (κ3) is 4.50. The lowest BCUT2D eigenvalue weighted by Gasteiger charge is -2.31. The van der Waals surface area contributed by atoms with Gasteiger partial charge in [-0.3, -0.25) is 4.79 Å². The highest BCUT2D eigenvalue weighted by Crippen LogP contribution is 2.42. The van der Waals surface area contributed by atoms with Gasteiger partial charge in [-0.05, 0) is 32.0 Å². The van der Waals surface area contributed by atoms with Gasteiger partial charge >= 0.3 is 11.9 Å². The van der Waals surface area contributed by atoms with E-state index in [1.807, 2.05) is 0 Å². The molecular weight excluding hydrogens is 464 g/mol. The number of esters is 2. The summed E-state index contributed by atoms with van der Waals surface area (Å²) in [5.74, 6) is -2.20. The Hall–Kier alpha value is -3.95. The average molecular weight is 493 g/mol. The zero-order valence-electron chi connectivity index (χ0n) is 20.4. The van der Waals surface area contributed by atoms with Crippen LogP contribution in [0.1, 0.15) is 25.3 Å². The predicted molar refractivity (Wildman–Crippen MR) is 134 cm³/mol. The fraction of sp³-hybridized carbons (Fsp3) is 0.296. The molecule has 3 N–H and O–H groups in total. The quantitative estimate of drug-likeness (QED) is 0.277. The molecule has 2 aromatic carbocycles. The summed E-state index contributed by atoms with van der Waals surface area (Å²) in [4.78, 5) is 39.7. The molecule has 0 aliphatic carbocycles. The van der Waals surface area contributed by atoms with E-state index in [-0.39, 0.29) is 42.0 Å². The van der Waals surface area contributed by atoms with Gasteiger partial charge in [0.15, 0.2) is 0 Å². The monoisotopic (exact) mass is 492 g/mol. The van der Waals surface area contributed by atoms with Crippen molar-refractivity contribution in [2.75, 3.05) is 33.5 Å². The van der Waals surface area contributed by atoms with E-state index in [0.29, 0.717) is 39.9 Å². The molecule has 1 aliphatic rings. The molecule has 0 radical (unpaired) electrons. The fourth-order valence-corrected chi connectivity index (χ4v) is 4.48. The molecule has 1 atom stereocenters. The number of hydrogen-bond acceptors (Lipinski definition) is 9. The van der Waals surface area contributed by atoms with E-state index in [0.717, 1.165) is 0 Å². The molecule has 9 nitrogen and oxygen atoms in total. The predicted octanol–water partition coefficient (Wildman–Crippen LogP) is 2.87. The molecule has 0 saturated heterocycles. The first-order chi connectivity index (χ1) is 17.4. The molecule has 36 heavy (non-hydrogen) atoms. The number of para-hydroxylation sites is 2. The van der Waals surface area contributed by atoms with Gasteiger partial charge in [-0.2, -0.15) is 0 Å². The minimum atomic E-state index is -0.942. The van der Waals surface area contributed by atoms with Crippen molar-refractivity contribution >= 4 is 33.9 Å². The van der Waals surface area contributed by atoms with Gasteiger partial charge in [-0.25, -0.2) is 9.59 Å². The number of fused-ring (bicyclic) bond motifs is 2. The first kappa shape index (κ1) is 25.2. The van der Waals surface area contributed by atoms with Gasteiger partial charge in [0.2, 0.25) is 5.43 Å². The van der Waals surface area contributed by atoms with Crippen LogP contribution in [-0.2, 0) is 23.8 Å². The second-order valence-corrected chi connectivity index (χ2v) is 8.19. The average Bonchev–Trinajstić information content (AvgIpc) is 2.88. The van der Waals surface area contributed by atoms with Crippen LogP contribution >= 0.6 is 0 Å². The number of ether oxygens (including phenoxy) is 3. The van der Waals surface area contributed by atoms with E-state index < -0.39 is 17.9 Å². The third-order valence-corrected chi connectivity index (χ3v) is 6.00. The summed E-state index contributed by atoms with van der Waals surface area (Å²) in [5.41, 5.74) is 7.75. The lowest BCUT2D eigenvalue weighted by Crippen LogP contribution is -2.35. The number of benzene rings is 2. The summed E-state index contributed by atoms with van der Waals surface area (Å²) in [5, 5.41) is 3.88. The Labute approximate surface area is 207 Å². The Morgan fingerprint density at radius 1 is 1.06 bits per heavy atom. The summed E-state index contributed by atoms with van der Waals surface area (Å²) in [6, 6.07) is 12.0. The maximum Gasteiger partial charge on any atom is 0.336 e. The fourth-order valence-electron chi connectivity index (χ4n) is 4.48. The number of methoxy groups -OCH3 is 1. The van der Waals surface area contributed by atoms with Crippen LogP contribution in [0.4, 0.5) is 0 Å². The second kappa shape index (κ2) is 10.8. The van der Waals surface area contributed by atoms with Gasteiger partial charge in [-0.1, -0.05) is 24.3 Å². The van der Waals surface area contributed by atoms with Crippen LogP contribution in [0.3, 0.4) is 0 Å². The van der Waals surface area contributed by atoms with Crippen molar-refractivity contribution in [3.63, 3.8) is 0 Å². The number of nitrogens with two attached hydrogens (primary N) is 1. The van der Waals surface area contributed by atoms with Crippen molar-refractivity contribution in [1.29, 1.82) is 0 Å². The number of carbonyl (C=O) groups is 2. The molecule has 4 rings (SSSR count). The summed E-state index contributed by atoms with van der Waals surface area (Å²) in [7, 11) is 1.27. The summed E-state index contributed by atoms with van der Waals surface area (Å²) >= 11 is 0. The molecule has 0 saturated carbocycles. The van der Waals surface area contributed by atoms with Gasteiger partial charge in [0, 0.05) is 17.8 Å². The zero-order chi connectivity index (χ0) is 25.8. The van der Waals surface area contributed by atoms with Crippen LogP contribution in [0.2, 0.25) is 0 Å². The number of hydrogen-bond donors (Lipinski definition) is 2. The summed E-state index contributed by atoms with van der Waals surface area (Å²) < 4.78 is 22.3. The topological polar surface area (TPSA) is 130 Å². The molecule has 9 heteroatoms. The number of nitrogens with one attached hydrogen (secondary N) is 1. The van der Waals surface area contributed by atoms with E-state index in [1.54, 1.807) is 56.3 Å². The normalized spacial score (nSPS) is 15.8. The Balaban J connectivity index is 2.05. The van der Waals surface area contributed by atoms with E-state index >= 15 is 0 Å².